The highest BCUT2D eigenvalue weighted by molar-refractivity contribution is 6.07. The Morgan fingerprint density at radius 1 is 1.26 bits per heavy atom. The molecule has 0 spiro atoms. The summed E-state index contributed by atoms with van der Waals surface area (Å²) < 4.78 is 5.25. The lowest BCUT2D eigenvalue weighted by atomic mass is 9.97. The van der Waals surface area contributed by atoms with Gasteiger partial charge >= 0.3 is 0 Å². The first-order valence-electron chi connectivity index (χ1n) is 6.63. The zero-order valence-corrected chi connectivity index (χ0v) is 11.3. The van der Waals surface area contributed by atoms with E-state index in [2.05, 4.69) is 25.1 Å². The fourth-order valence-electron chi connectivity index (χ4n) is 2.80. The minimum absolute atomic E-state index is 0.0431. The van der Waals surface area contributed by atoms with Crippen molar-refractivity contribution in [2.24, 2.45) is 0 Å². The fraction of sp³-hybridized carbons (Fsp3) is 0.312. The molecule has 19 heavy (non-hydrogen) atoms. The monoisotopic (exact) mass is 255 g/mol. The predicted octanol–water partition coefficient (Wildman–Crippen LogP) is 3.49. The van der Waals surface area contributed by atoms with E-state index in [9.17, 15) is 4.79 Å². The standard InChI is InChI=1S/C16H17NO2/c1-11-5-3-6-13-7-4-9-17(15(11)13)16(18)14-8-10-19-12(14)2/h3,5-6,8,10H,4,7,9H2,1-2H3. The molecule has 3 nitrogen and oxygen atoms in total. The minimum Gasteiger partial charge on any atom is -0.469 e. The van der Waals surface area contributed by atoms with Gasteiger partial charge in [0.2, 0.25) is 0 Å². The van der Waals surface area contributed by atoms with Crippen LogP contribution >= 0.6 is 0 Å². The van der Waals surface area contributed by atoms with E-state index in [1.807, 2.05) is 11.8 Å². The molecule has 3 rings (SSSR count). The van der Waals surface area contributed by atoms with E-state index in [1.165, 1.54) is 5.56 Å². The van der Waals surface area contributed by atoms with Crippen molar-refractivity contribution in [2.75, 3.05) is 11.4 Å². The number of furan rings is 1. The Balaban J connectivity index is 2.05. The van der Waals surface area contributed by atoms with Gasteiger partial charge in [0.15, 0.2) is 0 Å². The van der Waals surface area contributed by atoms with Crippen molar-refractivity contribution in [3.05, 3.63) is 53.0 Å². The molecule has 1 aromatic heterocycles. The average Bonchev–Trinajstić information content (AvgIpc) is 2.84. The van der Waals surface area contributed by atoms with E-state index < -0.39 is 0 Å². The third kappa shape index (κ3) is 1.95. The topological polar surface area (TPSA) is 33.5 Å². The van der Waals surface area contributed by atoms with Gasteiger partial charge in [0, 0.05) is 6.54 Å². The van der Waals surface area contributed by atoms with Crippen LogP contribution in [0, 0.1) is 13.8 Å². The van der Waals surface area contributed by atoms with Crippen molar-refractivity contribution in [2.45, 2.75) is 26.7 Å². The second-order valence-electron chi connectivity index (χ2n) is 5.03. The third-order valence-corrected chi connectivity index (χ3v) is 3.75. The van der Waals surface area contributed by atoms with E-state index >= 15 is 0 Å². The van der Waals surface area contributed by atoms with Gasteiger partial charge in [0.1, 0.15) is 5.76 Å². The molecule has 0 bridgehead atoms. The zero-order valence-electron chi connectivity index (χ0n) is 11.3. The number of anilines is 1. The van der Waals surface area contributed by atoms with Crippen LogP contribution in [0.25, 0.3) is 0 Å². The number of carbonyl (C=O) groups excluding carboxylic acids is 1. The van der Waals surface area contributed by atoms with Gasteiger partial charge < -0.3 is 9.32 Å². The number of hydrogen-bond donors (Lipinski definition) is 0. The number of benzene rings is 1. The molecule has 0 fully saturated rings. The molecule has 3 heteroatoms. The number of rotatable bonds is 1. The van der Waals surface area contributed by atoms with Gasteiger partial charge in [-0.05, 0) is 43.9 Å². The molecule has 0 atom stereocenters. The number of carbonyl (C=O) groups is 1. The predicted molar refractivity (Wildman–Crippen MR) is 74.6 cm³/mol. The highest BCUT2D eigenvalue weighted by atomic mass is 16.3. The van der Waals surface area contributed by atoms with Gasteiger partial charge in [-0.15, -0.1) is 0 Å². The van der Waals surface area contributed by atoms with Crippen LogP contribution in [0.3, 0.4) is 0 Å². The molecule has 1 aliphatic heterocycles. The summed E-state index contributed by atoms with van der Waals surface area (Å²) in [6.07, 6.45) is 3.63. The highest BCUT2D eigenvalue weighted by Crippen LogP contribution is 2.32. The van der Waals surface area contributed by atoms with Crippen molar-refractivity contribution in [1.82, 2.24) is 0 Å². The maximum Gasteiger partial charge on any atom is 0.261 e. The summed E-state index contributed by atoms with van der Waals surface area (Å²) in [6, 6.07) is 7.99. The summed E-state index contributed by atoms with van der Waals surface area (Å²) in [5.74, 6) is 0.729. The van der Waals surface area contributed by atoms with Crippen LogP contribution in [0.2, 0.25) is 0 Å². The number of nitrogens with zero attached hydrogens (tertiary/aromatic N) is 1. The molecular weight excluding hydrogens is 238 g/mol. The molecule has 0 N–H and O–H groups in total. The maximum absolute atomic E-state index is 12.7. The number of hydrogen-bond acceptors (Lipinski definition) is 2. The zero-order chi connectivity index (χ0) is 13.4. The molecule has 0 saturated carbocycles. The summed E-state index contributed by atoms with van der Waals surface area (Å²) in [7, 11) is 0. The molecule has 0 aliphatic carbocycles. The molecule has 2 aromatic rings. The van der Waals surface area contributed by atoms with Gasteiger partial charge in [-0.1, -0.05) is 18.2 Å². The van der Waals surface area contributed by atoms with Gasteiger partial charge in [0.25, 0.3) is 5.91 Å². The number of para-hydroxylation sites is 1. The van der Waals surface area contributed by atoms with Crippen molar-refractivity contribution in [3.8, 4) is 0 Å². The lowest BCUT2D eigenvalue weighted by molar-refractivity contribution is 0.0983. The minimum atomic E-state index is 0.0431. The van der Waals surface area contributed by atoms with Crippen LogP contribution in [0.4, 0.5) is 5.69 Å². The van der Waals surface area contributed by atoms with Crippen LogP contribution < -0.4 is 4.90 Å². The summed E-state index contributed by atoms with van der Waals surface area (Å²) in [5.41, 5.74) is 4.17. The molecule has 0 unspecified atom stereocenters. The van der Waals surface area contributed by atoms with Gasteiger partial charge in [-0.25, -0.2) is 0 Å². The van der Waals surface area contributed by atoms with E-state index in [0.29, 0.717) is 11.3 Å². The Morgan fingerprint density at radius 3 is 2.84 bits per heavy atom. The van der Waals surface area contributed by atoms with Gasteiger partial charge in [-0.3, -0.25) is 4.79 Å². The smallest absolute Gasteiger partial charge is 0.261 e. The normalized spacial score (nSPS) is 14.3. The van der Waals surface area contributed by atoms with E-state index in [4.69, 9.17) is 4.42 Å². The highest BCUT2D eigenvalue weighted by Gasteiger charge is 2.26. The van der Waals surface area contributed by atoms with Crippen molar-refractivity contribution in [1.29, 1.82) is 0 Å². The lowest BCUT2D eigenvalue weighted by Crippen LogP contribution is -2.36. The van der Waals surface area contributed by atoms with E-state index in [1.54, 1.807) is 12.3 Å². The van der Waals surface area contributed by atoms with Gasteiger partial charge in [-0.2, -0.15) is 0 Å². The first kappa shape index (κ1) is 12.0. The Bertz CT molecular complexity index is 627. The number of amides is 1. The average molecular weight is 255 g/mol. The quantitative estimate of drug-likeness (QED) is 0.781. The van der Waals surface area contributed by atoms with Crippen LogP contribution in [-0.2, 0) is 6.42 Å². The first-order valence-corrected chi connectivity index (χ1v) is 6.63. The van der Waals surface area contributed by atoms with Crippen LogP contribution in [0.15, 0.2) is 34.9 Å². The Labute approximate surface area is 112 Å². The molecule has 1 amide bonds. The fourth-order valence-corrected chi connectivity index (χ4v) is 2.80. The number of fused-ring (bicyclic) bond motifs is 1. The summed E-state index contributed by atoms with van der Waals surface area (Å²) >= 11 is 0. The third-order valence-electron chi connectivity index (χ3n) is 3.75. The summed E-state index contributed by atoms with van der Waals surface area (Å²) in [5, 5.41) is 0. The van der Waals surface area contributed by atoms with Crippen molar-refractivity contribution < 1.29 is 9.21 Å². The molecular formula is C16H17NO2. The molecule has 1 aliphatic rings. The van der Waals surface area contributed by atoms with Crippen LogP contribution in [0.1, 0.15) is 33.7 Å². The second-order valence-corrected chi connectivity index (χ2v) is 5.03. The SMILES string of the molecule is Cc1cccc2c1N(C(=O)c1ccoc1C)CCC2. The molecule has 2 heterocycles. The lowest BCUT2D eigenvalue weighted by Gasteiger charge is -2.31. The summed E-state index contributed by atoms with van der Waals surface area (Å²) in [4.78, 5) is 14.6. The van der Waals surface area contributed by atoms with Crippen molar-refractivity contribution >= 4 is 11.6 Å². The van der Waals surface area contributed by atoms with Crippen molar-refractivity contribution in [3.63, 3.8) is 0 Å². The number of aryl methyl sites for hydroxylation is 3. The molecule has 0 saturated heterocycles. The van der Waals surface area contributed by atoms with E-state index in [0.717, 1.165) is 30.6 Å². The Hall–Kier alpha value is -2.03. The molecule has 1 aromatic carbocycles. The van der Waals surface area contributed by atoms with Gasteiger partial charge in [0.05, 0.1) is 17.5 Å². The Morgan fingerprint density at radius 2 is 2.11 bits per heavy atom. The largest absolute Gasteiger partial charge is 0.469 e. The maximum atomic E-state index is 12.7. The van der Waals surface area contributed by atoms with E-state index in [-0.39, 0.29) is 5.91 Å². The molecule has 0 radical (unpaired) electrons. The van der Waals surface area contributed by atoms with Crippen LogP contribution in [0.5, 0.6) is 0 Å². The second kappa shape index (κ2) is 4.57. The summed E-state index contributed by atoms with van der Waals surface area (Å²) in [6.45, 7) is 4.67. The Kier molecular flexibility index (Phi) is 2.90. The first-order chi connectivity index (χ1) is 9.18. The molecule has 98 valence electrons. The van der Waals surface area contributed by atoms with Crippen LogP contribution in [-0.4, -0.2) is 12.5 Å².